The molecule has 2 rings (SSSR count). The maximum atomic E-state index is 11.9. The Labute approximate surface area is 111 Å². The standard InChI is InChI=1S/C11H8BrClN2O2/c1-6-10(17-5-14-6)11(16)15-9-4-7(13)2-3-8(9)12/h2-5H,1H3,(H,15,16). The van der Waals surface area contributed by atoms with Gasteiger partial charge in [0.05, 0.1) is 11.4 Å². The molecule has 0 aliphatic carbocycles. The van der Waals surface area contributed by atoms with Crippen molar-refractivity contribution in [3.63, 3.8) is 0 Å². The summed E-state index contributed by atoms with van der Waals surface area (Å²) in [5, 5.41) is 3.23. The summed E-state index contributed by atoms with van der Waals surface area (Å²) in [4.78, 5) is 15.7. The van der Waals surface area contributed by atoms with E-state index in [2.05, 4.69) is 26.2 Å². The maximum Gasteiger partial charge on any atom is 0.293 e. The van der Waals surface area contributed by atoms with Gasteiger partial charge in [0.2, 0.25) is 5.76 Å². The van der Waals surface area contributed by atoms with Crippen LogP contribution in [0.2, 0.25) is 5.02 Å². The van der Waals surface area contributed by atoms with Crippen molar-refractivity contribution in [1.82, 2.24) is 4.98 Å². The summed E-state index contributed by atoms with van der Waals surface area (Å²) in [5.74, 6) is -0.167. The summed E-state index contributed by atoms with van der Waals surface area (Å²) in [5.41, 5.74) is 1.12. The van der Waals surface area contributed by atoms with Crippen LogP contribution in [-0.2, 0) is 0 Å². The Morgan fingerprint density at radius 3 is 2.94 bits per heavy atom. The number of carbonyl (C=O) groups excluding carboxylic acids is 1. The summed E-state index contributed by atoms with van der Waals surface area (Å²) in [6, 6.07) is 5.13. The fourth-order valence-electron chi connectivity index (χ4n) is 1.29. The van der Waals surface area contributed by atoms with Gasteiger partial charge in [-0.15, -0.1) is 0 Å². The molecule has 6 heteroatoms. The van der Waals surface area contributed by atoms with E-state index in [0.29, 0.717) is 16.4 Å². The fraction of sp³-hybridized carbons (Fsp3) is 0.0909. The number of amides is 1. The highest BCUT2D eigenvalue weighted by molar-refractivity contribution is 9.10. The molecule has 17 heavy (non-hydrogen) atoms. The topological polar surface area (TPSA) is 55.1 Å². The van der Waals surface area contributed by atoms with E-state index >= 15 is 0 Å². The molecule has 88 valence electrons. The van der Waals surface area contributed by atoms with Crippen LogP contribution < -0.4 is 5.32 Å². The lowest BCUT2D eigenvalue weighted by atomic mass is 10.3. The Hall–Kier alpha value is -1.33. The molecular formula is C11H8BrClN2O2. The summed E-state index contributed by atoms with van der Waals surface area (Å²) in [6.45, 7) is 1.70. The second-order valence-electron chi connectivity index (χ2n) is 3.35. The van der Waals surface area contributed by atoms with E-state index in [4.69, 9.17) is 16.0 Å². The number of hydrogen-bond acceptors (Lipinski definition) is 3. The molecule has 0 fully saturated rings. The highest BCUT2D eigenvalue weighted by atomic mass is 79.9. The van der Waals surface area contributed by atoms with Crippen molar-refractivity contribution in [2.75, 3.05) is 5.32 Å². The molecule has 0 saturated heterocycles. The molecule has 0 spiro atoms. The van der Waals surface area contributed by atoms with Gasteiger partial charge < -0.3 is 9.73 Å². The minimum atomic E-state index is -0.358. The van der Waals surface area contributed by atoms with Crippen LogP contribution in [0.1, 0.15) is 16.2 Å². The minimum absolute atomic E-state index is 0.192. The zero-order chi connectivity index (χ0) is 12.4. The maximum absolute atomic E-state index is 11.9. The van der Waals surface area contributed by atoms with Crippen molar-refractivity contribution in [2.24, 2.45) is 0 Å². The van der Waals surface area contributed by atoms with Crippen molar-refractivity contribution < 1.29 is 9.21 Å². The van der Waals surface area contributed by atoms with Gasteiger partial charge >= 0.3 is 0 Å². The van der Waals surface area contributed by atoms with Crippen molar-refractivity contribution >= 4 is 39.1 Å². The Morgan fingerprint density at radius 1 is 1.53 bits per heavy atom. The fourth-order valence-corrected chi connectivity index (χ4v) is 1.81. The normalized spacial score (nSPS) is 10.3. The lowest BCUT2D eigenvalue weighted by Crippen LogP contribution is -2.12. The number of nitrogens with zero attached hydrogens (tertiary/aromatic N) is 1. The molecule has 0 atom stereocenters. The predicted molar refractivity (Wildman–Crippen MR) is 68.3 cm³/mol. The number of aryl methyl sites for hydroxylation is 1. The van der Waals surface area contributed by atoms with Gasteiger partial charge in [-0.2, -0.15) is 0 Å². The molecule has 0 radical (unpaired) electrons. The van der Waals surface area contributed by atoms with Gasteiger partial charge in [0, 0.05) is 9.50 Å². The first-order valence-corrected chi connectivity index (χ1v) is 5.91. The molecule has 0 bridgehead atoms. The van der Waals surface area contributed by atoms with Gasteiger partial charge in [0.25, 0.3) is 5.91 Å². The second kappa shape index (κ2) is 4.89. The van der Waals surface area contributed by atoms with Crippen LogP contribution in [-0.4, -0.2) is 10.9 Å². The van der Waals surface area contributed by atoms with E-state index in [-0.39, 0.29) is 11.7 Å². The van der Waals surface area contributed by atoms with Crippen LogP contribution in [0.5, 0.6) is 0 Å². The summed E-state index contributed by atoms with van der Waals surface area (Å²) < 4.78 is 5.74. The van der Waals surface area contributed by atoms with E-state index in [1.807, 2.05) is 0 Å². The minimum Gasteiger partial charge on any atom is -0.438 e. The van der Waals surface area contributed by atoms with Crippen LogP contribution in [0, 0.1) is 6.92 Å². The van der Waals surface area contributed by atoms with Crippen molar-refractivity contribution in [1.29, 1.82) is 0 Å². The van der Waals surface area contributed by atoms with Crippen LogP contribution in [0.15, 0.2) is 33.5 Å². The number of nitrogens with one attached hydrogen (secondary N) is 1. The molecule has 1 heterocycles. The number of halogens is 2. The zero-order valence-corrected chi connectivity index (χ0v) is 11.2. The van der Waals surface area contributed by atoms with E-state index in [1.165, 1.54) is 6.39 Å². The smallest absolute Gasteiger partial charge is 0.293 e. The van der Waals surface area contributed by atoms with Gasteiger partial charge in [-0.1, -0.05) is 11.6 Å². The van der Waals surface area contributed by atoms with E-state index in [9.17, 15) is 4.79 Å². The number of benzene rings is 1. The first-order chi connectivity index (χ1) is 8.08. The summed E-state index contributed by atoms with van der Waals surface area (Å²) in [6.07, 6.45) is 1.23. The number of rotatable bonds is 2. The first-order valence-electron chi connectivity index (χ1n) is 4.74. The van der Waals surface area contributed by atoms with Gasteiger partial charge in [0.1, 0.15) is 0 Å². The number of carbonyl (C=O) groups is 1. The largest absolute Gasteiger partial charge is 0.438 e. The van der Waals surface area contributed by atoms with Crippen LogP contribution in [0.25, 0.3) is 0 Å². The molecule has 1 N–H and O–H groups in total. The van der Waals surface area contributed by atoms with Gasteiger partial charge in [-0.3, -0.25) is 4.79 Å². The second-order valence-corrected chi connectivity index (χ2v) is 4.64. The Kier molecular flexibility index (Phi) is 3.49. The molecule has 0 aliphatic rings. The lowest BCUT2D eigenvalue weighted by molar-refractivity contribution is 0.0996. The van der Waals surface area contributed by atoms with Crippen molar-refractivity contribution in [3.05, 3.63) is 45.5 Å². The Bertz CT molecular complexity index is 568. The molecular weight excluding hydrogens is 307 g/mol. The van der Waals surface area contributed by atoms with Crippen molar-refractivity contribution in [2.45, 2.75) is 6.92 Å². The highest BCUT2D eigenvalue weighted by Crippen LogP contribution is 2.26. The monoisotopic (exact) mass is 314 g/mol. The average molecular weight is 316 g/mol. The molecule has 4 nitrogen and oxygen atoms in total. The van der Waals surface area contributed by atoms with Crippen molar-refractivity contribution in [3.8, 4) is 0 Å². The quantitative estimate of drug-likeness (QED) is 0.920. The number of anilines is 1. The number of hydrogen-bond donors (Lipinski definition) is 1. The lowest BCUT2D eigenvalue weighted by Gasteiger charge is -2.06. The molecule has 0 unspecified atom stereocenters. The zero-order valence-electron chi connectivity index (χ0n) is 8.83. The summed E-state index contributed by atoms with van der Waals surface area (Å²) >= 11 is 9.17. The molecule has 1 aromatic carbocycles. The average Bonchev–Trinajstić information content (AvgIpc) is 2.70. The Morgan fingerprint density at radius 2 is 2.29 bits per heavy atom. The third kappa shape index (κ3) is 2.68. The molecule has 1 aromatic heterocycles. The highest BCUT2D eigenvalue weighted by Gasteiger charge is 2.15. The van der Waals surface area contributed by atoms with E-state index in [0.717, 1.165) is 4.47 Å². The SMILES string of the molecule is Cc1ncoc1C(=O)Nc1cc(Cl)ccc1Br. The first kappa shape index (κ1) is 12.1. The van der Waals surface area contributed by atoms with Crippen LogP contribution in [0.3, 0.4) is 0 Å². The molecule has 0 saturated carbocycles. The molecule has 0 aliphatic heterocycles. The summed E-state index contributed by atoms with van der Waals surface area (Å²) in [7, 11) is 0. The van der Waals surface area contributed by atoms with Crippen LogP contribution >= 0.6 is 27.5 Å². The Balaban J connectivity index is 2.24. The van der Waals surface area contributed by atoms with E-state index in [1.54, 1.807) is 25.1 Å². The number of oxazole rings is 1. The van der Waals surface area contributed by atoms with Gasteiger partial charge in [-0.25, -0.2) is 4.98 Å². The third-order valence-electron chi connectivity index (χ3n) is 2.13. The van der Waals surface area contributed by atoms with Crippen LogP contribution in [0.4, 0.5) is 5.69 Å². The van der Waals surface area contributed by atoms with E-state index < -0.39 is 0 Å². The van der Waals surface area contributed by atoms with Gasteiger partial charge in [0.15, 0.2) is 6.39 Å². The third-order valence-corrected chi connectivity index (χ3v) is 3.05. The number of aromatic nitrogens is 1. The van der Waals surface area contributed by atoms with Gasteiger partial charge in [-0.05, 0) is 41.1 Å². The molecule has 2 aromatic rings. The predicted octanol–water partition coefficient (Wildman–Crippen LogP) is 3.65. The molecule has 1 amide bonds.